The van der Waals surface area contributed by atoms with Gasteiger partial charge in [-0.05, 0) is 26.2 Å². The number of rotatable bonds is 6. The Morgan fingerprint density at radius 1 is 1.36 bits per heavy atom. The van der Waals surface area contributed by atoms with Crippen LogP contribution in [0.1, 0.15) is 44.7 Å². The Morgan fingerprint density at radius 2 is 2.16 bits per heavy atom. The summed E-state index contributed by atoms with van der Waals surface area (Å²) in [7, 11) is 4.04. The highest BCUT2D eigenvalue weighted by molar-refractivity contribution is 7.13. The van der Waals surface area contributed by atoms with Crippen molar-refractivity contribution in [1.29, 1.82) is 0 Å². The van der Waals surface area contributed by atoms with E-state index in [0.29, 0.717) is 12.6 Å². The molecule has 1 saturated carbocycles. The highest BCUT2D eigenvalue weighted by Crippen LogP contribution is 2.26. The van der Waals surface area contributed by atoms with Gasteiger partial charge in [-0.2, -0.15) is 0 Å². The van der Waals surface area contributed by atoms with Crippen LogP contribution in [-0.2, 0) is 6.54 Å². The van der Waals surface area contributed by atoms with Gasteiger partial charge in [-0.3, -0.25) is 4.90 Å². The first-order valence-corrected chi connectivity index (χ1v) is 10.4. The molecule has 7 heteroatoms. The summed E-state index contributed by atoms with van der Waals surface area (Å²) in [6.45, 7) is 5.99. The molecule has 1 aromatic heterocycles. The van der Waals surface area contributed by atoms with Crippen LogP contribution in [0.5, 0.6) is 0 Å². The Morgan fingerprint density at radius 3 is 2.84 bits per heavy atom. The van der Waals surface area contributed by atoms with Crippen LogP contribution in [0.4, 0.5) is 5.13 Å². The number of aliphatic imine (C=N–C) groups is 1. The first kappa shape index (κ1) is 18.5. The van der Waals surface area contributed by atoms with Crippen LogP contribution in [0.3, 0.4) is 0 Å². The smallest absolute Gasteiger partial charge is 0.191 e. The van der Waals surface area contributed by atoms with Gasteiger partial charge in [-0.25, -0.2) is 9.98 Å². The second-order valence-electron chi connectivity index (χ2n) is 7.27. The standard InChI is InChI=1S/C18H32N6S/c1-4-19-17(20-11-15-13-25-18(22-15)23(2)3)21-14-9-10-24(12-14)16-7-5-6-8-16/h13-14,16H,4-12H2,1-3H3,(H2,19,20,21). The van der Waals surface area contributed by atoms with Gasteiger partial charge in [0.1, 0.15) is 0 Å². The van der Waals surface area contributed by atoms with Gasteiger partial charge in [0, 0.05) is 51.2 Å². The molecule has 0 bridgehead atoms. The highest BCUT2D eigenvalue weighted by Gasteiger charge is 2.30. The van der Waals surface area contributed by atoms with E-state index in [4.69, 9.17) is 4.99 Å². The first-order valence-electron chi connectivity index (χ1n) is 9.56. The van der Waals surface area contributed by atoms with Crippen LogP contribution < -0.4 is 15.5 Å². The Hall–Kier alpha value is -1.34. The minimum absolute atomic E-state index is 0.506. The molecule has 0 aromatic carbocycles. The van der Waals surface area contributed by atoms with Gasteiger partial charge in [0.05, 0.1) is 12.2 Å². The zero-order valence-corrected chi connectivity index (χ0v) is 16.6. The number of aromatic nitrogens is 1. The second-order valence-corrected chi connectivity index (χ2v) is 8.11. The Labute approximate surface area is 155 Å². The van der Waals surface area contributed by atoms with Crippen molar-refractivity contribution in [2.45, 2.75) is 57.7 Å². The molecule has 2 heterocycles. The highest BCUT2D eigenvalue weighted by atomic mass is 32.1. The van der Waals surface area contributed by atoms with Crippen molar-refractivity contribution in [3.05, 3.63) is 11.1 Å². The van der Waals surface area contributed by atoms with Crippen molar-refractivity contribution in [3.8, 4) is 0 Å². The molecule has 140 valence electrons. The minimum Gasteiger partial charge on any atom is -0.357 e. The first-order chi connectivity index (χ1) is 12.2. The maximum atomic E-state index is 4.74. The van der Waals surface area contributed by atoms with Gasteiger partial charge in [0.15, 0.2) is 11.1 Å². The van der Waals surface area contributed by atoms with Crippen molar-refractivity contribution in [1.82, 2.24) is 20.5 Å². The molecule has 1 unspecified atom stereocenters. The molecule has 2 N–H and O–H groups in total. The molecule has 3 rings (SSSR count). The van der Waals surface area contributed by atoms with E-state index in [9.17, 15) is 0 Å². The number of nitrogens with one attached hydrogen (secondary N) is 2. The Bertz CT molecular complexity index is 564. The summed E-state index contributed by atoms with van der Waals surface area (Å²) in [6, 6.07) is 1.33. The molecule has 1 atom stereocenters. The average Bonchev–Trinajstić information content (AvgIpc) is 3.33. The van der Waals surface area contributed by atoms with Crippen LogP contribution in [-0.4, -0.2) is 61.7 Å². The fourth-order valence-electron chi connectivity index (χ4n) is 3.75. The molecule has 1 aliphatic carbocycles. The Kier molecular flexibility index (Phi) is 6.53. The maximum Gasteiger partial charge on any atom is 0.191 e. The fourth-order valence-corrected chi connectivity index (χ4v) is 4.50. The zero-order valence-electron chi connectivity index (χ0n) is 15.8. The number of hydrogen-bond donors (Lipinski definition) is 2. The molecule has 0 radical (unpaired) electrons. The van der Waals surface area contributed by atoms with E-state index in [1.807, 2.05) is 19.0 Å². The molecular formula is C18H32N6S. The normalized spacial score (nSPS) is 22.5. The SMILES string of the molecule is CCNC(=NCc1csc(N(C)C)n1)NC1CCN(C2CCCC2)C1. The van der Waals surface area contributed by atoms with Crippen LogP contribution in [0.25, 0.3) is 0 Å². The average molecular weight is 365 g/mol. The maximum absolute atomic E-state index is 4.74. The third-order valence-corrected chi connectivity index (χ3v) is 6.12. The quantitative estimate of drug-likeness (QED) is 0.599. The molecule has 1 saturated heterocycles. The van der Waals surface area contributed by atoms with Gasteiger partial charge >= 0.3 is 0 Å². The molecule has 1 aliphatic heterocycles. The van der Waals surface area contributed by atoms with Gasteiger partial charge in [-0.1, -0.05) is 12.8 Å². The number of thiazole rings is 1. The van der Waals surface area contributed by atoms with Gasteiger partial charge in [-0.15, -0.1) is 11.3 Å². The molecule has 1 aromatic rings. The van der Waals surface area contributed by atoms with Crippen molar-refractivity contribution >= 4 is 22.4 Å². The molecular weight excluding hydrogens is 332 g/mol. The summed E-state index contributed by atoms with van der Waals surface area (Å²) in [5.41, 5.74) is 1.03. The molecule has 25 heavy (non-hydrogen) atoms. The third kappa shape index (κ3) is 5.07. The topological polar surface area (TPSA) is 55.8 Å². The van der Waals surface area contributed by atoms with E-state index < -0.39 is 0 Å². The van der Waals surface area contributed by atoms with Crippen LogP contribution in [0.2, 0.25) is 0 Å². The Balaban J connectivity index is 1.53. The summed E-state index contributed by atoms with van der Waals surface area (Å²) in [5, 5.41) is 10.1. The third-order valence-electron chi connectivity index (χ3n) is 5.07. The number of hydrogen-bond acceptors (Lipinski definition) is 5. The lowest BCUT2D eigenvalue weighted by atomic mass is 10.2. The van der Waals surface area contributed by atoms with E-state index in [1.54, 1.807) is 11.3 Å². The van der Waals surface area contributed by atoms with Crippen LogP contribution in [0, 0.1) is 0 Å². The van der Waals surface area contributed by atoms with E-state index in [2.05, 4.69) is 32.8 Å². The van der Waals surface area contributed by atoms with Crippen LogP contribution in [0.15, 0.2) is 10.4 Å². The van der Waals surface area contributed by atoms with Crippen molar-refractivity contribution < 1.29 is 0 Å². The summed E-state index contributed by atoms with van der Waals surface area (Å²) in [5.74, 6) is 0.917. The summed E-state index contributed by atoms with van der Waals surface area (Å²) in [4.78, 5) is 14.1. The van der Waals surface area contributed by atoms with E-state index in [-0.39, 0.29) is 0 Å². The zero-order chi connectivity index (χ0) is 17.6. The summed E-state index contributed by atoms with van der Waals surface area (Å²) >= 11 is 1.67. The van der Waals surface area contributed by atoms with E-state index >= 15 is 0 Å². The number of likely N-dealkylation sites (tertiary alicyclic amines) is 1. The van der Waals surface area contributed by atoms with Gasteiger partial charge < -0.3 is 15.5 Å². The van der Waals surface area contributed by atoms with Gasteiger partial charge in [0.2, 0.25) is 0 Å². The lowest BCUT2D eigenvalue weighted by Gasteiger charge is -2.24. The summed E-state index contributed by atoms with van der Waals surface area (Å²) < 4.78 is 0. The second kappa shape index (κ2) is 8.85. The van der Waals surface area contributed by atoms with Crippen molar-refractivity contribution in [3.63, 3.8) is 0 Å². The molecule has 6 nitrogen and oxygen atoms in total. The van der Waals surface area contributed by atoms with Crippen LogP contribution >= 0.6 is 11.3 Å². The molecule has 0 spiro atoms. The van der Waals surface area contributed by atoms with E-state index in [0.717, 1.165) is 35.9 Å². The largest absolute Gasteiger partial charge is 0.357 e. The number of anilines is 1. The molecule has 2 fully saturated rings. The molecule has 0 amide bonds. The van der Waals surface area contributed by atoms with Crippen molar-refractivity contribution in [2.75, 3.05) is 38.6 Å². The minimum atomic E-state index is 0.506. The lowest BCUT2D eigenvalue weighted by Crippen LogP contribution is -2.45. The fraction of sp³-hybridized carbons (Fsp3) is 0.778. The number of nitrogens with zero attached hydrogens (tertiary/aromatic N) is 4. The monoisotopic (exact) mass is 364 g/mol. The van der Waals surface area contributed by atoms with E-state index in [1.165, 1.54) is 38.6 Å². The predicted octanol–water partition coefficient (Wildman–Crippen LogP) is 2.28. The lowest BCUT2D eigenvalue weighted by molar-refractivity contribution is 0.242. The molecule has 2 aliphatic rings. The number of guanidine groups is 1. The van der Waals surface area contributed by atoms with Gasteiger partial charge in [0.25, 0.3) is 0 Å². The predicted molar refractivity (Wildman–Crippen MR) is 107 cm³/mol. The van der Waals surface area contributed by atoms with Crippen molar-refractivity contribution in [2.24, 2.45) is 4.99 Å². The summed E-state index contributed by atoms with van der Waals surface area (Å²) in [6.07, 6.45) is 6.80.